The van der Waals surface area contributed by atoms with Crippen LogP contribution in [0.25, 0.3) is 11.4 Å². The summed E-state index contributed by atoms with van der Waals surface area (Å²) in [4.78, 5) is 9.42. The molecule has 1 aromatic heterocycles. The summed E-state index contributed by atoms with van der Waals surface area (Å²) in [6, 6.07) is 8.03. The summed E-state index contributed by atoms with van der Waals surface area (Å²) < 4.78 is 5.70. The lowest BCUT2D eigenvalue weighted by molar-refractivity contribution is 0.317. The van der Waals surface area contributed by atoms with Gasteiger partial charge < -0.3 is 10.1 Å². The van der Waals surface area contributed by atoms with E-state index in [1.807, 2.05) is 31.3 Å². The van der Waals surface area contributed by atoms with Gasteiger partial charge in [-0.1, -0.05) is 19.1 Å². The molecule has 110 valence electrons. The Labute approximate surface area is 125 Å². The number of ether oxygens (including phenoxy) is 1. The van der Waals surface area contributed by atoms with Crippen molar-refractivity contribution in [2.24, 2.45) is 0 Å². The molecule has 1 heterocycles. The summed E-state index contributed by atoms with van der Waals surface area (Å²) in [5.74, 6) is 2.62. The first-order valence-electron chi connectivity index (χ1n) is 7.62. The van der Waals surface area contributed by atoms with Gasteiger partial charge in [-0.3, -0.25) is 0 Å². The minimum atomic E-state index is 0.732. The second kappa shape index (κ2) is 6.12. The third-order valence-corrected chi connectivity index (χ3v) is 3.74. The van der Waals surface area contributed by atoms with Crippen molar-refractivity contribution >= 4 is 5.82 Å². The number of rotatable bonds is 5. The van der Waals surface area contributed by atoms with Crippen LogP contribution in [0.3, 0.4) is 0 Å². The number of nitrogens with one attached hydrogen (secondary N) is 1. The molecule has 0 fully saturated rings. The predicted octanol–water partition coefficient (Wildman–Crippen LogP) is 3.46. The van der Waals surface area contributed by atoms with Crippen molar-refractivity contribution in [1.29, 1.82) is 0 Å². The molecule has 2 aromatic rings. The molecular weight excluding hydrogens is 262 g/mol. The molecule has 0 aliphatic heterocycles. The Bertz CT molecular complexity index is 640. The molecule has 0 unspecified atom stereocenters. The maximum absolute atomic E-state index is 5.70. The molecule has 0 atom stereocenters. The monoisotopic (exact) mass is 283 g/mol. The second-order valence-electron chi connectivity index (χ2n) is 5.30. The van der Waals surface area contributed by atoms with Crippen molar-refractivity contribution < 1.29 is 4.74 Å². The van der Waals surface area contributed by atoms with Crippen LogP contribution in [0.4, 0.5) is 5.82 Å². The molecule has 0 spiro atoms. The first-order chi connectivity index (χ1) is 10.3. The first-order valence-corrected chi connectivity index (χ1v) is 7.62. The summed E-state index contributed by atoms with van der Waals surface area (Å²) in [5.41, 5.74) is 3.47. The van der Waals surface area contributed by atoms with Crippen LogP contribution in [-0.4, -0.2) is 23.6 Å². The van der Waals surface area contributed by atoms with E-state index in [-0.39, 0.29) is 0 Å². The maximum atomic E-state index is 5.70. The van der Waals surface area contributed by atoms with Crippen molar-refractivity contribution in [3.8, 4) is 17.1 Å². The van der Waals surface area contributed by atoms with Crippen LogP contribution < -0.4 is 10.1 Å². The van der Waals surface area contributed by atoms with Crippen LogP contribution in [0.5, 0.6) is 5.75 Å². The molecule has 3 rings (SSSR count). The molecule has 4 nitrogen and oxygen atoms in total. The van der Waals surface area contributed by atoms with Gasteiger partial charge in [0.25, 0.3) is 0 Å². The van der Waals surface area contributed by atoms with Gasteiger partial charge in [0, 0.05) is 23.9 Å². The number of nitrogens with zero attached hydrogens (tertiary/aromatic N) is 2. The summed E-state index contributed by atoms with van der Waals surface area (Å²) in [7, 11) is 1.92. The van der Waals surface area contributed by atoms with Crippen molar-refractivity contribution in [3.05, 3.63) is 35.5 Å². The van der Waals surface area contributed by atoms with Crippen molar-refractivity contribution in [1.82, 2.24) is 9.97 Å². The molecule has 0 bridgehead atoms. The molecule has 1 N–H and O–H groups in total. The zero-order chi connectivity index (χ0) is 14.7. The fourth-order valence-corrected chi connectivity index (χ4v) is 2.71. The topological polar surface area (TPSA) is 47.0 Å². The minimum absolute atomic E-state index is 0.732. The number of anilines is 1. The summed E-state index contributed by atoms with van der Waals surface area (Å²) in [6.07, 6.45) is 4.29. The average Bonchev–Trinajstić information content (AvgIpc) is 3.00. The van der Waals surface area contributed by atoms with Gasteiger partial charge in [0.05, 0.1) is 6.61 Å². The fourth-order valence-electron chi connectivity index (χ4n) is 2.71. The number of hydrogen-bond donors (Lipinski definition) is 1. The lowest BCUT2D eigenvalue weighted by Gasteiger charge is -2.10. The van der Waals surface area contributed by atoms with Gasteiger partial charge in [-0.25, -0.2) is 9.97 Å². The highest BCUT2D eigenvalue weighted by Gasteiger charge is 2.19. The zero-order valence-electron chi connectivity index (χ0n) is 12.6. The van der Waals surface area contributed by atoms with Crippen molar-refractivity contribution in [2.45, 2.75) is 32.6 Å². The predicted molar refractivity (Wildman–Crippen MR) is 84.8 cm³/mol. The summed E-state index contributed by atoms with van der Waals surface area (Å²) in [6.45, 7) is 2.84. The molecular formula is C17H21N3O. The van der Waals surface area contributed by atoms with E-state index in [0.29, 0.717) is 0 Å². The molecule has 0 saturated carbocycles. The standard InChI is InChI=1S/C17H21N3O/c1-3-10-21-13-7-4-6-12(11-13)16-19-15-9-5-8-14(15)17(18-2)20-16/h4,6-7,11H,3,5,8-10H2,1-2H3,(H,18,19,20). The van der Waals surface area contributed by atoms with E-state index in [0.717, 1.165) is 48.8 Å². The molecule has 4 heteroatoms. The van der Waals surface area contributed by atoms with Gasteiger partial charge in [0.2, 0.25) is 0 Å². The normalized spacial score (nSPS) is 13.0. The van der Waals surface area contributed by atoms with Crippen LogP contribution >= 0.6 is 0 Å². The highest BCUT2D eigenvalue weighted by atomic mass is 16.5. The Hall–Kier alpha value is -2.10. The summed E-state index contributed by atoms with van der Waals surface area (Å²) in [5, 5.41) is 3.20. The zero-order valence-corrected chi connectivity index (χ0v) is 12.6. The van der Waals surface area contributed by atoms with E-state index >= 15 is 0 Å². The number of benzene rings is 1. The Morgan fingerprint density at radius 2 is 2.14 bits per heavy atom. The third-order valence-electron chi connectivity index (χ3n) is 3.74. The van der Waals surface area contributed by atoms with Crippen LogP contribution in [0, 0.1) is 0 Å². The SMILES string of the molecule is CCCOc1cccc(-c2nc3c(c(NC)n2)CCC3)c1. The molecule has 1 aromatic carbocycles. The number of aromatic nitrogens is 2. The van der Waals surface area contributed by atoms with Gasteiger partial charge in [-0.15, -0.1) is 0 Å². The van der Waals surface area contributed by atoms with Crippen LogP contribution in [-0.2, 0) is 12.8 Å². The first kappa shape index (κ1) is 13.9. The van der Waals surface area contributed by atoms with Crippen LogP contribution in [0.15, 0.2) is 24.3 Å². The molecule has 21 heavy (non-hydrogen) atoms. The third kappa shape index (κ3) is 2.84. The largest absolute Gasteiger partial charge is 0.494 e. The lowest BCUT2D eigenvalue weighted by atomic mass is 10.1. The van der Waals surface area contributed by atoms with E-state index in [1.165, 1.54) is 17.7 Å². The van der Waals surface area contributed by atoms with Gasteiger partial charge in [-0.2, -0.15) is 0 Å². The Balaban J connectivity index is 1.97. The average molecular weight is 283 g/mol. The van der Waals surface area contributed by atoms with E-state index in [2.05, 4.69) is 17.2 Å². The fraction of sp³-hybridized carbons (Fsp3) is 0.412. The van der Waals surface area contributed by atoms with Gasteiger partial charge >= 0.3 is 0 Å². The van der Waals surface area contributed by atoms with Crippen LogP contribution in [0.1, 0.15) is 31.0 Å². The van der Waals surface area contributed by atoms with Crippen molar-refractivity contribution in [2.75, 3.05) is 19.0 Å². The molecule has 0 saturated heterocycles. The molecule has 1 aliphatic rings. The lowest BCUT2D eigenvalue weighted by Crippen LogP contribution is -2.03. The highest BCUT2D eigenvalue weighted by Crippen LogP contribution is 2.29. The Kier molecular flexibility index (Phi) is 4.04. The molecule has 0 amide bonds. The van der Waals surface area contributed by atoms with E-state index in [1.54, 1.807) is 0 Å². The second-order valence-corrected chi connectivity index (χ2v) is 5.30. The number of hydrogen-bond acceptors (Lipinski definition) is 4. The maximum Gasteiger partial charge on any atom is 0.161 e. The highest BCUT2D eigenvalue weighted by molar-refractivity contribution is 5.62. The van der Waals surface area contributed by atoms with E-state index in [4.69, 9.17) is 9.72 Å². The Morgan fingerprint density at radius 3 is 2.95 bits per heavy atom. The molecule has 0 radical (unpaired) electrons. The smallest absolute Gasteiger partial charge is 0.161 e. The van der Waals surface area contributed by atoms with Gasteiger partial charge in [-0.05, 0) is 37.8 Å². The number of fused-ring (bicyclic) bond motifs is 1. The van der Waals surface area contributed by atoms with E-state index in [9.17, 15) is 0 Å². The van der Waals surface area contributed by atoms with Crippen molar-refractivity contribution in [3.63, 3.8) is 0 Å². The van der Waals surface area contributed by atoms with Gasteiger partial charge in [0.1, 0.15) is 11.6 Å². The summed E-state index contributed by atoms with van der Waals surface area (Å²) >= 11 is 0. The minimum Gasteiger partial charge on any atom is -0.494 e. The molecule has 1 aliphatic carbocycles. The quantitative estimate of drug-likeness (QED) is 0.913. The number of aryl methyl sites for hydroxylation is 1. The van der Waals surface area contributed by atoms with Gasteiger partial charge in [0.15, 0.2) is 5.82 Å². The van der Waals surface area contributed by atoms with Crippen LogP contribution in [0.2, 0.25) is 0 Å². The Morgan fingerprint density at radius 1 is 1.24 bits per heavy atom. The van der Waals surface area contributed by atoms with E-state index < -0.39 is 0 Å².